The molecule has 0 aliphatic carbocycles. The van der Waals surface area contributed by atoms with Crippen LogP contribution in [0.2, 0.25) is 0 Å². The van der Waals surface area contributed by atoms with E-state index in [9.17, 15) is 14.4 Å². The summed E-state index contributed by atoms with van der Waals surface area (Å²) in [5.74, 6) is -2.18. The predicted octanol–water partition coefficient (Wildman–Crippen LogP) is 2.64. The van der Waals surface area contributed by atoms with E-state index in [-0.39, 0.29) is 16.8 Å². The van der Waals surface area contributed by atoms with Gasteiger partial charge in [0.15, 0.2) is 0 Å². The lowest BCUT2D eigenvalue weighted by molar-refractivity contribution is -0.156. The zero-order valence-electron chi connectivity index (χ0n) is 11.4. The van der Waals surface area contributed by atoms with Gasteiger partial charge in [-0.15, -0.1) is 11.8 Å². The summed E-state index contributed by atoms with van der Waals surface area (Å²) in [6.07, 6.45) is 0.0468. The molecule has 1 fully saturated rings. The van der Waals surface area contributed by atoms with Gasteiger partial charge in [0.05, 0.1) is 20.6 Å². The molecule has 0 spiro atoms. The van der Waals surface area contributed by atoms with Crippen molar-refractivity contribution in [1.29, 1.82) is 0 Å². The number of ether oxygens (including phenoxy) is 3. The summed E-state index contributed by atoms with van der Waals surface area (Å²) in [6, 6.07) is 0. The Labute approximate surface area is 160 Å². The van der Waals surface area contributed by atoms with E-state index in [1.807, 2.05) is 22.6 Å². The molecule has 1 rings (SSSR count). The van der Waals surface area contributed by atoms with Crippen LogP contribution in [-0.4, -0.2) is 50.0 Å². The van der Waals surface area contributed by atoms with E-state index in [0.717, 1.165) is 11.8 Å². The minimum Gasteiger partial charge on any atom is -0.468 e. The second kappa shape index (κ2) is 7.96. The standard InChI is InChI=1S/C11H12Cl3IO6S/c1-19-8(17)10(9(18)20-2)4-5(15)6(22-10)3-7(16)21-11(12,13)14/h5-6H,3-4H2,1-2H3/t5-,6-/m0/s1. The van der Waals surface area contributed by atoms with Gasteiger partial charge in [0.1, 0.15) is 0 Å². The van der Waals surface area contributed by atoms with Crippen molar-refractivity contribution in [3.8, 4) is 0 Å². The van der Waals surface area contributed by atoms with Crippen LogP contribution in [0.3, 0.4) is 0 Å². The van der Waals surface area contributed by atoms with Crippen molar-refractivity contribution in [2.45, 2.75) is 30.7 Å². The fourth-order valence-corrected chi connectivity index (χ4v) is 5.49. The number of carbonyl (C=O) groups is 3. The van der Waals surface area contributed by atoms with Gasteiger partial charge in [0.25, 0.3) is 0 Å². The van der Waals surface area contributed by atoms with Gasteiger partial charge in [-0.25, -0.2) is 9.59 Å². The molecule has 0 aromatic heterocycles. The Kier molecular flexibility index (Phi) is 7.38. The molecule has 1 saturated heterocycles. The molecule has 22 heavy (non-hydrogen) atoms. The van der Waals surface area contributed by atoms with E-state index in [4.69, 9.17) is 44.3 Å². The van der Waals surface area contributed by atoms with Crippen molar-refractivity contribution < 1.29 is 28.6 Å². The number of halogens is 4. The van der Waals surface area contributed by atoms with Crippen molar-refractivity contribution in [3.63, 3.8) is 0 Å². The summed E-state index contributed by atoms with van der Waals surface area (Å²) >= 11 is 19.2. The summed E-state index contributed by atoms with van der Waals surface area (Å²) in [5, 5.41) is -0.390. The van der Waals surface area contributed by atoms with Crippen LogP contribution in [0.25, 0.3) is 0 Å². The summed E-state index contributed by atoms with van der Waals surface area (Å²) in [4.78, 5) is 35.8. The quantitative estimate of drug-likeness (QED) is 0.191. The smallest absolute Gasteiger partial charge is 0.340 e. The fourth-order valence-electron chi connectivity index (χ4n) is 1.97. The molecule has 0 radical (unpaired) electrons. The zero-order valence-corrected chi connectivity index (χ0v) is 16.7. The van der Waals surface area contributed by atoms with Crippen LogP contribution in [0.5, 0.6) is 0 Å². The maximum Gasteiger partial charge on any atom is 0.340 e. The maximum atomic E-state index is 12.0. The van der Waals surface area contributed by atoms with Crippen LogP contribution in [0.15, 0.2) is 0 Å². The highest BCUT2D eigenvalue weighted by atomic mass is 127. The van der Waals surface area contributed by atoms with Gasteiger partial charge in [-0.1, -0.05) is 22.6 Å². The molecule has 0 saturated carbocycles. The van der Waals surface area contributed by atoms with E-state index in [0.29, 0.717) is 0 Å². The molecule has 0 unspecified atom stereocenters. The summed E-state index contributed by atoms with van der Waals surface area (Å²) < 4.78 is 10.2. The van der Waals surface area contributed by atoms with E-state index in [1.165, 1.54) is 14.2 Å². The third-order valence-electron chi connectivity index (χ3n) is 2.87. The average Bonchev–Trinajstić information content (AvgIpc) is 2.73. The Bertz CT molecular complexity index is 453. The van der Waals surface area contributed by atoms with Crippen LogP contribution < -0.4 is 0 Å². The fraction of sp³-hybridized carbons (Fsp3) is 0.727. The van der Waals surface area contributed by atoms with Gasteiger partial charge >= 0.3 is 21.9 Å². The van der Waals surface area contributed by atoms with Gasteiger partial charge in [-0.3, -0.25) is 4.79 Å². The van der Waals surface area contributed by atoms with Crippen LogP contribution in [0.4, 0.5) is 0 Å². The number of alkyl halides is 4. The Morgan fingerprint density at radius 3 is 2.14 bits per heavy atom. The second-order valence-electron chi connectivity index (χ2n) is 4.31. The Morgan fingerprint density at radius 1 is 1.23 bits per heavy atom. The van der Waals surface area contributed by atoms with Crippen molar-refractivity contribution in [1.82, 2.24) is 0 Å². The molecule has 0 amide bonds. The van der Waals surface area contributed by atoms with Crippen molar-refractivity contribution in [2.24, 2.45) is 0 Å². The first kappa shape index (κ1) is 20.4. The molecule has 126 valence electrons. The molecule has 1 aliphatic rings. The molecular formula is C11H12Cl3IO6S. The predicted molar refractivity (Wildman–Crippen MR) is 91.6 cm³/mol. The molecule has 1 aliphatic heterocycles. The minimum atomic E-state index is -2.15. The van der Waals surface area contributed by atoms with Gasteiger partial charge in [-0.2, -0.15) is 0 Å². The molecule has 1 heterocycles. The number of esters is 3. The van der Waals surface area contributed by atoms with Crippen LogP contribution in [-0.2, 0) is 28.6 Å². The topological polar surface area (TPSA) is 78.9 Å². The molecule has 0 aromatic rings. The molecule has 11 heteroatoms. The Morgan fingerprint density at radius 2 is 1.73 bits per heavy atom. The monoisotopic (exact) mass is 504 g/mol. The lowest BCUT2D eigenvalue weighted by Gasteiger charge is -2.22. The van der Waals surface area contributed by atoms with Crippen molar-refractivity contribution in [3.05, 3.63) is 0 Å². The van der Waals surface area contributed by atoms with E-state index in [1.54, 1.807) is 0 Å². The first-order chi connectivity index (χ1) is 10.1. The van der Waals surface area contributed by atoms with E-state index < -0.39 is 31.9 Å². The number of methoxy groups -OCH3 is 2. The lowest BCUT2D eigenvalue weighted by Crippen LogP contribution is -2.43. The Balaban J connectivity index is 2.87. The van der Waals surface area contributed by atoms with Crippen LogP contribution in [0, 0.1) is 0 Å². The average molecular weight is 506 g/mol. The van der Waals surface area contributed by atoms with Gasteiger partial charge in [0.2, 0.25) is 4.75 Å². The second-order valence-corrected chi connectivity index (χ2v) is 9.63. The SMILES string of the molecule is COC(=O)C1(C(=O)OC)C[C@H](I)[C@H](CC(=O)OC(Cl)(Cl)Cl)S1. The van der Waals surface area contributed by atoms with E-state index in [2.05, 4.69) is 4.74 Å². The first-order valence-electron chi connectivity index (χ1n) is 5.83. The number of hydrogen-bond acceptors (Lipinski definition) is 7. The summed E-state index contributed by atoms with van der Waals surface area (Å²) in [7, 11) is 2.36. The number of carbonyl (C=O) groups excluding carboxylic acids is 3. The summed E-state index contributed by atoms with van der Waals surface area (Å²) in [6.45, 7) is 0. The maximum absolute atomic E-state index is 12.0. The first-order valence-corrected chi connectivity index (χ1v) is 9.09. The van der Waals surface area contributed by atoms with Gasteiger partial charge in [0, 0.05) is 9.17 Å². The molecule has 6 nitrogen and oxygen atoms in total. The highest BCUT2D eigenvalue weighted by Crippen LogP contribution is 2.49. The van der Waals surface area contributed by atoms with Gasteiger partial charge < -0.3 is 14.2 Å². The highest BCUT2D eigenvalue weighted by molar-refractivity contribution is 14.1. The van der Waals surface area contributed by atoms with Crippen LogP contribution in [0.1, 0.15) is 12.8 Å². The Hall–Kier alpha value is 0.360. The normalized spacial score (nSPS) is 23.7. The number of rotatable bonds is 4. The minimum absolute atomic E-state index is 0.123. The summed E-state index contributed by atoms with van der Waals surface area (Å²) in [5.41, 5.74) is 0. The molecule has 0 aromatic carbocycles. The molecule has 0 N–H and O–H groups in total. The third-order valence-corrected chi connectivity index (χ3v) is 6.59. The number of thioether (sulfide) groups is 1. The van der Waals surface area contributed by atoms with E-state index >= 15 is 0 Å². The third kappa shape index (κ3) is 4.93. The number of hydrogen-bond donors (Lipinski definition) is 0. The lowest BCUT2D eigenvalue weighted by atomic mass is 10.0. The van der Waals surface area contributed by atoms with Crippen molar-refractivity contribution >= 4 is 87.1 Å². The zero-order chi connectivity index (χ0) is 17.1. The van der Waals surface area contributed by atoms with Gasteiger partial charge in [-0.05, 0) is 41.2 Å². The highest BCUT2D eigenvalue weighted by Gasteiger charge is 2.58. The van der Waals surface area contributed by atoms with Crippen molar-refractivity contribution in [2.75, 3.05) is 14.2 Å². The molecule has 0 bridgehead atoms. The molecule has 2 atom stereocenters. The molecular weight excluding hydrogens is 493 g/mol. The largest absolute Gasteiger partial charge is 0.468 e. The van der Waals surface area contributed by atoms with Crippen LogP contribution >= 0.6 is 69.2 Å².